The van der Waals surface area contributed by atoms with Crippen LogP contribution in [-0.4, -0.2) is 28.0 Å². The monoisotopic (exact) mass is 389 g/mol. The van der Waals surface area contributed by atoms with E-state index in [4.69, 9.17) is 10.5 Å². The van der Waals surface area contributed by atoms with E-state index in [0.29, 0.717) is 33.9 Å². The van der Waals surface area contributed by atoms with Crippen LogP contribution >= 0.6 is 0 Å². The molecule has 0 radical (unpaired) electrons. The van der Waals surface area contributed by atoms with Crippen molar-refractivity contribution in [3.05, 3.63) is 72.3 Å². The third-order valence-electron chi connectivity index (χ3n) is 4.34. The van der Waals surface area contributed by atoms with Crippen molar-refractivity contribution in [3.63, 3.8) is 0 Å². The molecule has 0 bridgehead atoms. The quantitative estimate of drug-likeness (QED) is 0.540. The van der Waals surface area contributed by atoms with Gasteiger partial charge in [-0.15, -0.1) is 0 Å². The summed E-state index contributed by atoms with van der Waals surface area (Å²) in [5.41, 5.74) is 6.68. The van der Waals surface area contributed by atoms with Crippen LogP contribution in [0.4, 0.5) is 15.9 Å². The minimum atomic E-state index is -0.881. The van der Waals surface area contributed by atoms with Crippen molar-refractivity contribution in [3.8, 4) is 17.1 Å². The molecule has 0 fully saturated rings. The second kappa shape index (κ2) is 7.51. The number of hydrogen-bond acceptors (Lipinski definition) is 6. The zero-order chi connectivity index (χ0) is 20.4. The molecule has 0 aliphatic heterocycles. The number of nitrogens with zero attached hydrogens (tertiary/aromatic N) is 3. The second-order valence-electron chi connectivity index (χ2n) is 6.17. The molecule has 2 aromatic carbocycles. The Morgan fingerprint density at radius 3 is 2.72 bits per heavy atom. The van der Waals surface area contributed by atoms with E-state index in [1.165, 1.54) is 12.1 Å². The Morgan fingerprint density at radius 2 is 2.00 bits per heavy atom. The smallest absolute Gasteiger partial charge is 0.253 e. The number of benzene rings is 2. The van der Waals surface area contributed by atoms with Crippen LogP contribution in [0.15, 0.2) is 60.9 Å². The molecule has 4 rings (SSSR count). The predicted octanol–water partition coefficient (Wildman–Crippen LogP) is 3.68. The maximum absolute atomic E-state index is 14.2. The van der Waals surface area contributed by atoms with Crippen molar-refractivity contribution in [2.45, 2.75) is 0 Å². The minimum Gasteiger partial charge on any atom is -0.497 e. The number of anilines is 2. The molecule has 1 amide bonds. The largest absolute Gasteiger partial charge is 0.497 e. The number of nitrogens with two attached hydrogens (primary N) is 1. The number of amides is 1. The molecule has 0 aliphatic rings. The van der Waals surface area contributed by atoms with E-state index < -0.39 is 11.7 Å². The molecule has 3 N–H and O–H groups in total. The van der Waals surface area contributed by atoms with Gasteiger partial charge in [0.25, 0.3) is 5.91 Å². The summed E-state index contributed by atoms with van der Waals surface area (Å²) in [5.74, 6) is -0.191. The first kappa shape index (κ1) is 18.3. The van der Waals surface area contributed by atoms with E-state index in [1.807, 2.05) is 6.07 Å². The standard InChI is InChI=1S/C21H16FN5O2/c1-29-13-7-8-16-14(10-13)21(27-20(25-16)12-4-3-9-24-11-12)26-17-6-2-5-15(22)18(17)19(23)28/h2-11H,1H3,(H2,23,28)(H,25,26,27). The Morgan fingerprint density at radius 1 is 1.14 bits per heavy atom. The summed E-state index contributed by atoms with van der Waals surface area (Å²) in [7, 11) is 1.55. The molecule has 8 heteroatoms. The number of ether oxygens (including phenoxy) is 1. The lowest BCUT2D eigenvalue weighted by molar-refractivity contribution is 0.0997. The summed E-state index contributed by atoms with van der Waals surface area (Å²) in [4.78, 5) is 25.0. The second-order valence-corrected chi connectivity index (χ2v) is 6.17. The van der Waals surface area contributed by atoms with E-state index in [1.54, 1.807) is 49.8 Å². The highest BCUT2D eigenvalue weighted by Crippen LogP contribution is 2.31. The van der Waals surface area contributed by atoms with Gasteiger partial charge >= 0.3 is 0 Å². The Bertz CT molecular complexity index is 1210. The average molecular weight is 389 g/mol. The van der Waals surface area contributed by atoms with Crippen molar-refractivity contribution in [1.82, 2.24) is 15.0 Å². The topological polar surface area (TPSA) is 103 Å². The number of carbonyl (C=O) groups excluding carboxylic acids is 1. The lowest BCUT2D eigenvalue weighted by Crippen LogP contribution is -2.15. The third kappa shape index (κ3) is 3.55. The van der Waals surface area contributed by atoms with Crippen molar-refractivity contribution >= 4 is 28.3 Å². The highest BCUT2D eigenvalue weighted by molar-refractivity contribution is 6.01. The number of nitrogens with one attached hydrogen (secondary N) is 1. The fourth-order valence-electron chi connectivity index (χ4n) is 2.96. The van der Waals surface area contributed by atoms with Crippen LogP contribution < -0.4 is 15.8 Å². The molecule has 2 aromatic heterocycles. The van der Waals surface area contributed by atoms with Gasteiger partial charge in [0.1, 0.15) is 17.4 Å². The molecule has 144 valence electrons. The minimum absolute atomic E-state index is 0.206. The van der Waals surface area contributed by atoms with Gasteiger partial charge in [-0.25, -0.2) is 14.4 Å². The van der Waals surface area contributed by atoms with E-state index >= 15 is 0 Å². The van der Waals surface area contributed by atoms with Crippen molar-refractivity contribution in [2.75, 3.05) is 12.4 Å². The highest BCUT2D eigenvalue weighted by atomic mass is 19.1. The van der Waals surface area contributed by atoms with Gasteiger partial charge in [-0.3, -0.25) is 9.78 Å². The Labute approximate surface area is 165 Å². The van der Waals surface area contributed by atoms with Gasteiger partial charge in [-0.1, -0.05) is 6.07 Å². The molecular formula is C21H16FN5O2. The van der Waals surface area contributed by atoms with Crippen molar-refractivity contribution in [2.24, 2.45) is 5.73 Å². The lowest BCUT2D eigenvalue weighted by atomic mass is 10.1. The number of hydrogen-bond donors (Lipinski definition) is 2. The van der Waals surface area contributed by atoms with Gasteiger partial charge < -0.3 is 15.8 Å². The molecule has 0 unspecified atom stereocenters. The number of pyridine rings is 1. The zero-order valence-corrected chi connectivity index (χ0v) is 15.4. The van der Waals surface area contributed by atoms with Crippen LogP contribution in [0.3, 0.4) is 0 Å². The van der Waals surface area contributed by atoms with Gasteiger partial charge in [0, 0.05) is 23.3 Å². The number of carbonyl (C=O) groups is 1. The van der Waals surface area contributed by atoms with E-state index in [2.05, 4.69) is 20.3 Å². The number of rotatable bonds is 5. The maximum atomic E-state index is 14.2. The van der Waals surface area contributed by atoms with Crippen LogP contribution in [-0.2, 0) is 0 Å². The van der Waals surface area contributed by atoms with Crippen LogP contribution in [0.2, 0.25) is 0 Å². The predicted molar refractivity (Wildman–Crippen MR) is 108 cm³/mol. The van der Waals surface area contributed by atoms with Crippen LogP contribution in [0, 0.1) is 5.82 Å². The van der Waals surface area contributed by atoms with Crippen LogP contribution in [0.25, 0.3) is 22.3 Å². The van der Waals surface area contributed by atoms with Crippen molar-refractivity contribution < 1.29 is 13.9 Å². The van der Waals surface area contributed by atoms with Gasteiger partial charge in [-0.05, 0) is 42.5 Å². The van der Waals surface area contributed by atoms with Gasteiger partial charge in [0.2, 0.25) is 0 Å². The van der Waals surface area contributed by atoms with Crippen molar-refractivity contribution in [1.29, 1.82) is 0 Å². The first-order valence-corrected chi connectivity index (χ1v) is 8.68. The van der Waals surface area contributed by atoms with Crippen LogP contribution in [0.5, 0.6) is 5.75 Å². The fraction of sp³-hybridized carbons (Fsp3) is 0.0476. The molecule has 7 nitrogen and oxygen atoms in total. The summed E-state index contributed by atoms with van der Waals surface area (Å²) in [6.07, 6.45) is 3.30. The van der Waals surface area contributed by atoms with Gasteiger partial charge in [-0.2, -0.15) is 0 Å². The van der Waals surface area contributed by atoms with E-state index in [9.17, 15) is 9.18 Å². The van der Waals surface area contributed by atoms with Gasteiger partial charge in [0.15, 0.2) is 5.82 Å². The summed E-state index contributed by atoms with van der Waals surface area (Å²) in [6.45, 7) is 0. The molecule has 0 aliphatic carbocycles. The molecule has 0 saturated heterocycles. The highest BCUT2D eigenvalue weighted by Gasteiger charge is 2.17. The van der Waals surface area contributed by atoms with E-state index in [0.717, 1.165) is 0 Å². The third-order valence-corrected chi connectivity index (χ3v) is 4.34. The lowest BCUT2D eigenvalue weighted by Gasteiger charge is -2.14. The molecular weight excluding hydrogens is 373 g/mol. The molecule has 4 aromatic rings. The Balaban J connectivity index is 1.92. The Kier molecular flexibility index (Phi) is 4.74. The maximum Gasteiger partial charge on any atom is 0.253 e. The normalized spacial score (nSPS) is 10.7. The SMILES string of the molecule is COc1ccc2nc(-c3cccnc3)nc(Nc3cccc(F)c3C(N)=O)c2c1. The number of halogens is 1. The number of fused-ring (bicyclic) bond motifs is 1. The van der Waals surface area contributed by atoms with E-state index in [-0.39, 0.29) is 11.3 Å². The van der Waals surface area contributed by atoms with Gasteiger partial charge in [0.05, 0.1) is 23.9 Å². The van der Waals surface area contributed by atoms with Crippen LogP contribution in [0.1, 0.15) is 10.4 Å². The fourth-order valence-corrected chi connectivity index (χ4v) is 2.96. The Hall–Kier alpha value is -4.07. The zero-order valence-electron chi connectivity index (χ0n) is 15.4. The molecule has 0 spiro atoms. The first-order valence-electron chi connectivity index (χ1n) is 8.68. The molecule has 0 saturated carbocycles. The molecule has 0 atom stereocenters. The summed E-state index contributed by atoms with van der Waals surface area (Å²) in [5, 5.41) is 3.67. The molecule has 29 heavy (non-hydrogen) atoms. The number of primary amides is 1. The first-order chi connectivity index (χ1) is 14.1. The summed E-state index contributed by atoms with van der Waals surface area (Å²) < 4.78 is 19.5. The number of aromatic nitrogens is 3. The average Bonchev–Trinajstić information content (AvgIpc) is 2.73. The summed E-state index contributed by atoms with van der Waals surface area (Å²) >= 11 is 0. The number of methoxy groups -OCH3 is 1. The molecule has 2 heterocycles. The summed E-state index contributed by atoms with van der Waals surface area (Å²) in [6, 6.07) is 13.2.